The number of fused-ring (bicyclic) bond motifs is 2. The number of nitrogens with two attached hydrogens (primary N) is 1. The van der Waals surface area contributed by atoms with Crippen LogP contribution in [0, 0.1) is 0 Å². The summed E-state index contributed by atoms with van der Waals surface area (Å²) in [6.45, 7) is 0. The van der Waals surface area contributed by atoms with Gasteiger partial charge in [0.15, 0.2) is 0 Å². The van der Waals surface area contributed by atoms with Crippen molar-refractivity contribution in [2.24, 2.45) is 5.73 Å². The van der Waals surface area contributed by atoms with E-state index in [4.69, 9.17) is 5.73 Å². The molecule has 0 unspecified atom stereocenters. The van der Waals surface area contributed by atoms with Crippen molar-refractivity contribution in [1.29, 1.82) is 0 Å². The van der Waals surface area contributed by atoms with E-state index in [1.807, 2.05) is 48.7 Å². The van der Waals surface area contributed by atoms with Crippen LogP contribution in [0.1, 0.15) is 5.56 Å². The molecule has 120 valence electrons. The Bertz CT molecular complexity index is 1020. The first-order valence-corrected chi connectivity index (χ1v) is 7.75. The molecule has 2 aromatic carbocycles. The van der Waals surface area contributed by atoms with Gasteiger partial charge in [-0.3, -0.25) is 9.89 Å². The number of carbonyl (C=O) groups is 1. The van der Waals surface area contributed by atoms with Crippen molar-refractivity contribution >= 4 is 33.4 Å². The number of nitrogens with one attached hydrogen (secondary N) is 3. The summed E-state index contributed by atoms with van der Waals surface area (Å²) in [5, 5.41) is 11.8. The third-order valence-electron chi connectivity index (χ3n) is 4.16. The van der Waals surface area contributed by atoms with Gasteiger partial charge in [-0.1, -0.05) is 18.2 Å². The quantitative estimate of drug-likeness (QED) is 0.465. The standard InChI is InChI=1S/C18H17N5O/c19-15(7-12-9-20-16-4-2-1-3-14(12)16)18(24)22-13-6-5-11-10-21-23-17(11)8-13/h1-6,8-10,15,20H,7,19H2,(H,21,23)(H,22,24)/t15-/m0/s1. The highest BCUT2D eigenvalue weighted by molar-refractivity contribution is 5.97. The van der Waals surface area contributed by atoms with Gasteiger partial charge in [-0.15, -0.1) is 0 Å². The third kappa shape index (κ3) is 2.63. The smallest absolute Gasteiger partial charge is 0.241 e. The molecule has 6 heteroatoms. The van der Waals surface area contributed by atoms with Crippen LogP contribution in [-0.4, -0.2) is 27.1 Å². The number of amides is 1. The second-order valence-corrected chi connectivity index (χ2v) is 5.83. The summed E-state index contributed by atoms with van der Waals surface area (Å²) in [5.41, 5.74) is 9.75. The van der Waals surface area contributed by atoms with Crippen molar-refractivity contribution in [3.63, 3.8) is 0 Å². The molecule has 4 rings (SSSR count). The second-order valence-electron chi connectivity index (χ2n) is 5.83. The fraction of sp³-hybridized carbons (Fsp3) is 0.111. The number of carbonyl (C=O) groups excluding carboxylic acids is 1. The Hall–Kier alpha value is -3.12. The molecule has 0 radical (unpaired) electrons. The van der Waals surface area contributed by atoms with E-state index < -0.39 is 6.04 Å². The number of aromatic nitrogens is 3. The zero-order valence-corrected chi connectivity index (χ0v) is 12.9. The van der Waals surface area contributed by atoms with Gasteiger partial charge in [0, 0.05) is 28.2 Å². The van der Waals surface area contributed by atoms with E-state index in [0.29, 0.717) is 12.1 Å². The fourth-order valence-electron chi connectivity index (χ4n) is 2.88. The van der Waals surface area contributed by atoms with Crippen LogP contribution in [0.25, 0.3) is 21.8 Å². The van der Waals surface area contributed by atoms with E-state index in [0.717, 1.165) is 27.4 Å². The van der Waals surface area contributed by atoms with Crippen LogP contribution < -0.4 is 11.1 Å². The summed E-state index contributed by atoms with van der Waals surface area (Å²) in [7, 11) is 0. The molecule has 0 fully saturated rings. The Balaban J connectivity index is 1.49. The number of rotatable bonds is 4. The highest BCUT2D eigenvalue weighted by atomic mass is 16.2. The maximum Gasteiger partial charge on any atom is 0.241 e. The molecule has 0 saturated heterocycles. The summed E-state index contributed by atoms with van der Waals surface area (Å²) in [5.74, 6) is -0.209. The van der Waals surface area contributed by atoms with Crippen LogP contribution in [0.4, 0.5) is 5.69 Å². The molecule has 2 heterocycles. The SMILES string of the molecule is N[C@@H](Cc1c[nH]c2ccccc12)C(=O)Nc1ccc2cn[nH]c2c1. The summed E-state index contributed by atoms with van der Waals surface area (Å²) in [6.07, 6.45) is 4.13. The number of anilines is 1. The van der Waals surface area contributed by atoms with Gasteiger partial charge in [0.25, 0.3) is 0 Å². The Morgan fingerprint density at radius 2 is 2.08 bits per heavy atom. The maximum atomic E-state index is 12.4. The first-order valence-electron chi connectivity index (χ1n) is 7.75. The Morgan fingerprint density at radius 3 is 3.00 bits per heavy atom. The van der Waals surface area contributed by atoms with Crippen LogP contribution in [0.2, 0.25) is 0 Å². The van der Waals surface area contributed by atoms with Gasteiger partial charge in [0.05, 0.1) is 17.8 Å². The normalized spacial score (nSPS) is 12.5. The molecule has 0 aliphatic heterocycles. The Kier molecular flexibility index (Phi) is 3.51. The fourth-order valence-corrected chi connectivity index (χ4v) is 2.88. The van der Waals surface area contributed by atoms with Crippen LogP contribution in [0.5, 0.6) is 0 Å². The zero-order chi connectivity index (χ0) is 16.5. The van der Waals surface area contributed by atoms with Gasteiger partial charge in [0.2, 0.25) is 5.91 Å². The van der Waals surface area contributed by atoms with Gasteiger partial charge < -0.3 is 16.0 Å². The minimum absolute atomic E-state index is 0.209. The average molecular weight is 319 g/mol. The number of para-hydroxylation sites is 1. The second kappa shape index (κ2) is 5.82. The largest absolute Gasteiger partial charge is 0.361 e. The van der Waals surface area contributed by atoms with Crippen LogP contribution in [-0.2, 0) is 11.2 Å². The number of H-pyrrole nitrogens is 2. The number of nitrogens with zero attached hydrogens (tertiary/aromatic N) is 1. The molecule has 4 aromatic rings. The molecule has 5 N–H and O–H groups in total. The van der Waals surface area contributed by atoms with Crippen molar-refractivity contribution < 1.29 is 4.79 Å². The first-order chi connectivity index (χ1) is 11.7. The summed E-state index contributed by atoms with van der Waals surface area (Å²) in [6, 6.07) is 12.9. The van der Waals surface area contributed by atoms with E-state index in [1.165, 1.54) is 0 Å². The van der Waals surface area contributed by atoms with E-state index in [-0.39, 0.29) is 5.91 Å². The Labute approximate surface area is 138 Å². The monoisotopic (exact) mass is 319 g/mol. The third-order valence-corrected chi connectivity index (χ3v) is 4.16. The van der Waals surface area contributed by atoms with Gasteiger partial charge >= 0.3 is 0 Å². The van der Waals surface area contributed by atoms with Crippen molar-refractivity contribution in [1.82, 2.24) is 15.2 Å². The molecule has 0 aliphatic carbocycles. The van der Waals surface area contributed by atoms with Gasteiger partial charge in [-0.25, -0.2) is 0 Å². The van der Waals surface area contributed by atoms with Crippen LogP contribution >= 0.6 is 0 Å². The minimum Gasteiger partial charge on any atom is -0.361 e. The number of hydrogen-bond donors (Lipinski definition) is 4. The van der Waals surface area contributed by atoms with Gasteiger partial charge in [-0.05, 0) is 36.2 Å². The van der Waals surface area contributed by atoms with Crippen LogP contribution in [0.3, 0.4) is 0 Å². The van der Waals surface area contributed by atoms with Crippen molar-refractivity contribution in [3.8, 4) is 0 Å². The van der Waals surface area contributed by atoms with Crippen molar-refractivity contribution in [2.45, 2.75) is 12.5 Å². The predicted octanol–water partition coefficient (Wildman–Crippen LogP) is 2.55. The molecule has 24 heavy (non-hydrogen) atoms. The van der Waals surface area contributed by atoms with Gasteiger partial charge in [-0.2, -0.15) is 5.10 Å². The lowest BCUT2D eigenvalue weighted by atomic mass is 10.0. The first kappa shape index (κ1) is 14.5. The molecule has 2 aromatic heterocycles. The number of hydrogen-bond acceptors (Lipinski definition) is 3. The molecular formula is C18H17N5O. The predicted molar refractivity (Wildman–Crippen MR) is 94.7 cm³/mol. The summed E-state index contributed by atoms with van der Waals surface area (Å²) >= 11 is 0. The molecule has 0 saturated carbocycles. The van der Waals surface area contributed by atoms with Crippen molar-refractivity contribution in [3.05, 3.63) is 60.4 Å². The van der Waals surface area contributed by atoms with Crippen LogP contribution in [0.15, 0.2) is 54.9 Å². The van der Waals surface area contributed by atoms with Gasteiger partial charge in [0.1, 0.15) is 0 Å². The van der Waals surface area contributed by atoms with E-state index in [9.17, 15) is 4.79 Å². The zero-order valence-electron chi connectivity index (χ0n) is 12.9. The highest BCUT2D eigenvalue weighted by Crippen LogP contribution is 2.20. The molecule has 0 spiro atoms. The average Bonchev–Trinajstić information content (AvgIpc) is 3.21. The van der Waals surface area contributed by atoms with Crippen molar-refractivity contribution in [2.75, 3.05) is 5.32 Å². The van der Waals surface area contributed by atoms with E-state index in [2.05, 4.69) is 20.5 Å². The summed E-state index contributed by atoms with van der Waals surface area (Å²) < 4.78 is 0. The lowest BCUT2D eigenvalue weighted by molar-refractivity contribution is -0.117. The Morgan fingerprint density at radius 1 is 1.21 bits per heavy atom. The number of benzene rings is 2. The topological polar surface area (TPSA) is 99.6 Å². The minimum atomic E-state index is -0.623. The molecule has 0 aliphatic rings. The maximum absolute atomic E-state index is 12.4. The van der Waals surface area contributed by atoms with E-state index >= 15 is 0 Å². The molecular weight excluding hydrogens is 302 g/mol. The molecule has 0 bridgehead atoms. The lowest BCUT2D eigenvalue weighted by Gasteiger charge is -2.12. The highest BCUT2D eigenvalue weighted by Gasteiger charge is 2.16. The van der Waals surface area contributed by atoms with E-state index in [1.54, 1.807) is 6.20 Å². The molecule has 6 nitrogen and oxygen atoms in total. The molecule has 1 amide bonds. The summed E-state index contributed by atoms with van der Waals surface area (Å²) in [4.78, 5) is 15.6. The lowest BCUT2D eigenvalue weighted by Crippen LogP contribution is -2.37. The number of aromatic amines is 2. The molecule has 1 atom stereocenters.